The number of aryl methyl sites for hydroxylation is 1. The first kappa shape index (κ1) is 8.31. The molecule has 2 aromatic heterocycles. The van der Waals surface area contributed by atoms with Gasteiger partial charge in [0, 0.05) is 19.2 Å². The standard InChI is InChI=1S/C9H9NO2S/c1-6-7(2)12-9(10(6)11)8-3-4-13-5-8/h3-5H,1-2H3. The van der Waals surface area contributed by atoms with Crippen LogP contribution in [0.1, 0.15) is 11.5 Å². The van der Waals surface area contributed by atoms with Gasteiger partial charge in [-0.25, -0.2) is 0 Å². The van der Waals surface area contributed by atoms with E-state index in [0.29, 0.717) is 17.3 Å². The zero-order valence-corrected chi connectivity index (χ0v) is 8.22. The van der Waals surface area contributed by atoms with Crippen LogP contribution in [0.3, 0.4) is 0 Å². The van der Waals surface area contributed by atoms with E-state index in [1.165, 1.54) is 0 Å². The van der Waals surface area contributed by atoms with Crippen molar-refractivity contribution in [1.29, 1.82) is 0 Å². The Morgan fingerprint density at radius 2 is 2.23 bits per heavy atom. The van der Waals surface area contributed by atoms with Crippen molar-refractivity contribution < 1.29 is 9.15 Å². The van der Waals surface area contributed by atoms with E-state index in [-0.39, 0.29) is 0 Å². The van der Waals surface area contributed by atoms with Crippen molar-refractivity contribution in [3.05, 3.63) is 33.5 Å². The highest BCUT2D eigenvalue weighted by atomic mass is 32.1. The van der Waals surface area contributed by atoms with Gasteiger partial charge in [-0.15, -0.1) is 4.73 Å². The highest BCUT2D eigenvalue weighted by Gasteiger charge is 2.20. The van der Waals surface area contributed by atoms with Crippen LogP contribution >= 0.6 is 11.3 Å². The number of hydrogen-bond acceptors (Lipinski definition) is 3. The van der Waals surface area contributed by atoms with E-state index < -0.39 is 0 Å². The van der Waals surface area contributed by atoms with Crippen molar-refractivity contribution in [3.63, 3.8) is 0 Å². The van der Waals surface area contributed by atoms with Crippen LogP contribution in [0.25, 0.3) is 11.5 Å². The molecular weight excluding hydrogens is 186 g/mol. The molecule has 0 aliphatic rings. The number of hydrogen-bond donors (Lipinski definition) is 0. The second kappa shape index (κ2) is 2.88. The number of rotatable bonds is 1. The minimum absolute atomic E-state index is 0.385. The Labute approximate surface area is 79.8 Å². The lowest BCUT2D eigenvalue weighted by atomic mass is 10.3. The van der Waals surface area contributed by atoms with Crippen LogP contribution in [0.15, 0.2) is 21.2 Å². The Bertz CT molecular complexity index is 417. The third kappa shape index (κ3) is 1.23. The van der Waals surface area contributed by atoms with E-state index in [9.17, 15) is 5.21 Å². The average molecular weight is 195 g/mol. The normalized spacial score (nSPS) is 10.6. The van der Waals surface area contributed by atoms with E-state index >= 15 is 0 Å². The molecule has 3 nitrogen and oxygen atoms in total. The lowest BCUT2D eigenvalue weighted by molar-refractivity contribution is -0.602. The highest BCUT2D eigenvalue weighted by molar-refractivity contribution is 7.08. The number of aromatic nitrogens is 1. The minimum Gasteiger partial charge on any atom is -0.616 e. The first-order chi connectivity index (χ1) is 6.20. The molecule has 0 N–H and O–H groups in total. The van der Waals surface area contributed by atoms with E-state index in [0.717, 1.165) is 10.3 Å². The summed E-state index contributed by atoms with van der Waals surface area (Å²) in [5.74, 6) is 1.06. The predicted molar refractivity (Wildman–Crippen MR) is 50.5 cm³/mol. The average Bonchev–Trinajstić information content (AvgIpc) is 2.70. The molecule has 0 fully saturated rings. The molecule has 0 unspecified atom stereocenters. The van der Waals surface area contributed by atoms with Crippen LogP contribution in [0.2, 0.25) is 0 Å². The molecule has 0 saturated carbocycles. The monoisotopic (exact) mass is 195 g/mol. The molecule has 2 rings (SSSR count). The smallest absolute Gasteiger partial charge is 0.393 e. The van der Waals surface area contributed by atoms with Gasteiger partial charge in [-0.3, -0.25) is 0 Å². The lowest BCUT2D eigenvalue weighted by Crippen LogP contribution is -2.29. The van der Waals surface area contributed by atoms with Crippen LogP contribution in [-0.4, -0.2) is 0 Å². The van der Waals surface area contributed by atoms with Gasteiger partial charge in [-0.05, 0) is 11.4 Å². The first-order valence-electron chi connectivity index (χ1n) is 3.92. The number of nitrogens with zero attached hydrogens (tertiary/aromatic N) is 1. The van der Waals surface area contributed by atoms with E-state index in [1.807, 2.05) is 16.8 Å². The third-order valence-corrected chi connectivity index (χ3v) is 2.70. The highest BCUT2D eigenvalue weighted by Crippen LogP contribution is 2.21. The summed E-state index contributed by atoms with van der Waals surface area (Å²) in [5.41, 5.74) is 1.47. The zero-order chi connectivity index (χ0) is 9.42. The second-order valence-electron chi connectivity index (χ2n) is 2.86. The maximum Gasteiger partial charge on any atom is 0.393 e. The molecule has 0 aliphatic carbocycles. The molecule has 2 aromatic rings. The molecule has 0 spiro atoms. The second-order valence-corrected chi connectivity index (χ2v) is 3.64. The van der Waals surface area contributed by atoms with Crippen LogP contribution in [0.5, 0.6) is 0 Å². The van der Waals surface area contributed by atoms with Gasteiger partial charge in [0.05, 0.1) is 5.56 Å². The van der Waals surface area contributed by atoms with E-state index in [1.54, 1.807) is 25.2 Å². The van der Waals surface area contributed by atoms with Crippen molar-refractivity contribution in [3.8, 4) is 11.5 Å². The molecule has 0 amide bonds. The van der Waals surface area contributed by atoms with E-state index in [2.05, 4.69) is 0 Å². The zero-order valence-electron chi connectivity index (χ0n) is 7.40. The van der Waals surface area contributed by atoms with Gasteiger partial charge in [0.2, 0.25) is 5.69 Å². The van der Waals surface area contributed by atoms with E-state index in [4.69, 9.17) is 4.42 Å². The summed E-state index contributed by atoms with van der Waals surface area (Å²) in [6.07, 6.45) is 0. The van der Waals surface area contributed by atoms with Crippen molar-refractivity contribution in [2.45, 2.75) is 13.8 Å². The Morgan fingerprint density at radius 3 is 2.69 bits per heavy atom. The maximum atomic E-state index is 11.5. The van der Waals surface area contributed by atoms with Crippen molar-refractivity contribution in [2.75, 3.05) is 0 Å². The molecule has 0 saturated heterocycles. The summed E-state index contributed by atoms with van der Waals surface area (Å²) in [7, 11) is 0. The lowest BCUT2D eigenvalue weighted by Gasteiger charge is -1.93. The summed E-state index contributed by atoms with van der Waals surface area (Å²) in [6, 6.07) is 1.87. The summed E-state index contributed by atoms with van der Waals surface area (Å²) >= 11 is 1.55. The molecular formula is C9H9NO2S. The van der Waals surface area contributed by atoms with Gasteiger partial charge in [-0.2, -0.15) is 11.3 Å². The summed E-state index contributed by atoms with van der Waals surface area (Å²) in [6.45, 7) is 3.54. The number of oxazole rings is 1. The molecule has 0 radical (unpaired) electrons. The summed E-state index contributed by atoms with van der Waals surface area (Å²) < 4.78 is 6.18. The Balaban J connectivity index is 2.59. The van der Waals surface area contributed by atoms with Gasteiger partial charge in [0.25, 0.3) is 0 Å². The number of thiophene rings is 1. The summed E-state index contributed by atoms with van der Waals surface area (Å²) in [4.78, 5) is 0. The fourth-order valence-electron chi connectivity index (χ4n) is 1.12. The molecule has 0 aromatic carbocycles. The van der Waals surface area contributed by atoms with Gasteiger partial charge in [0.15, 0.2) is 5.76 Å². The van der Waals surface area contributed by atoms with Crippen LogP contribution in [0, 0.1) is 19.1 Å². The molecule has 0 bridgehead atoms. The van der Waals surface area contributed by atoms with Gasteiger partial charge >= 0.3 is 5.89 Å². The fourth-order valence-corrected chi connectivity index (χ4v) is 1.75. The SMILES string of the molecule is Cc1oc(-c2ccsc2)[n+]([O-])c1C. The predicted octanol–water partition coefficient (Wildman–Crippen LogP) is 2.26. The van der Waals surface area contributed by atoms with Crippen LogP contribution < -0.4 is 4.73 Å². The Hall–Kier alpha value is -1.29. The Kier molecular flexibility index (Phi) is 1.84. The summed E-state index contributed by atoms with van der Waals surface area (Å²) in [5, 5.41) is 15.3. The van der Waals surface area contributed by atoms with Crippen LogP contribution in [-0.2, 0) is 0 Å². The maximum absolute atomic E-state index is 11.5. The third-order valence-electron chi connectivity index (χ3n) is 2.02. The minimum atomic E-state index is 0.385. The van der Waals surface area contributed by atoms with Crippen molar-refractivity contribution in [2.24, 2.45) is 0 Å². The van der Waals surface area contributed by atoms with Crippen molar-refractivity contribution >= 4 is 11.3 Å². The molecule has 68 valence electrons. The van der Waals surface area contributed by atoms with Gasteiger partial charge in [0.1, 0.15) is 0 Å². The fraction of sp³-hybridized carbons (Fsp3) is 0.222. The van der Waals surface area contributed by atoms with Gasteiger partial charge < -0.3 is 9.62 Å². The quantitative estimate of drug-likeness (QED) is 0.517. The van der Waals surface area contributed by atoms with Crippen LogP contribution in [0.4, 0.5) is 0 Å². The molecule has 4 heteroatoms. The first-order valence-corrected chi connectivity index (χ1v) is 4.86. The Morgan fingerprint density at radius 1 is 1.46 bits per heavy atom. The molecule has 0 aliphatic heterocycles. The molecule has 0 atom stereocenters. The molecule has 13 heavy (non-hydrogen) atoms. The van der Waals surface area contributed by atoms with Gasteiger partial charge in [-0.1, -0.05) is 0 Å². The largest absolute Gasteiger partial charge is 0.616 e. The van der Waals surface area contributed by atoms with Crippen molar-refractivity contribution in [1.82, 2.24) is 0 Å². The molecule has 2 heterocycles. The topological polar surface area (TPSA) is 40.1 Å².